The lowest BCUT2D eigenvalue weighted by Crippen LogP contribution is -2.44. The number of ketones is 1. The molecule has 0 spiro atoms. The van der Waals surface area contributed by atoms with Crippen LogP contribution in [0.15, 0.2) is 18.2 Å². The Balaban J connectivity index is 2.03. The molecule has 2 aliphatic rings. The Morgan fingerprint density at radius 3 is 2.52 bits per heavy atom. The second-order valence-electron chi connectivity index (χ2n) is 7.31. The van der Waals surface area contributed by atoms with Crippen molar-refractivity contribution in [3.8, 4) is 12.1 Å². The summed E-state index contributed by atoms with van der Waals surface area (Å²) in [6.45, 7) is 5.37. The van der Waals surface area contributed by atoms with Crippen molar-refractivity contribution in [3.63, 3.8) is 0 Å². The molecule has 1 fully saturated rings. The van der Waals surface area contributed by atoms with Gasteiger partial charge in [0, 0.05) is 42.0 Å². The summed E-state index contributed by atoms with van der Waals surface area (Å²) in [6.07, 6.45) is 3.89. The molecule has 0 radical (unpaired) electrons. The number of carbonyl (C=O) groups is 1. The van der Waals surface area contributed by atoms with Crippen LogP contribution in [0.3, 0.4) is 0 Å². The van der Waals surface area contributed by atoms with Gasteiger partial charge in [-0.25, -0.2) is 0 Å². The molecule has 5 nitrogen and oxygen atoms in total. The molecule has 1 aromatic carbocycles. The fraction of sp³-hybridized carbons (Fsp3) is 0.450. The van der Waals surface area contributed by atoms with Crippen molar-refractivity contribution in [2.45, 2.75) is 38.6 Å². The number of nitrogens with zero attached hydrogens (tertiary/aromatic N) is 2. The predicted molar refractivity (Wildman–Crippen MR) is 93.3 cm³/mol. The van der Waals surface area contributed by atoms with Gasteiger partial charge in [0.05, 0.1) is 11.1 Å². The third kappa shape index (κ3) is 3.57. The van der Waals surface area contributed by atoms with Gasteiger partial charge in [-0.05, 0) is 50.8 Å². The van der Waals surface area contributed by atoms with Crippen LogP contribution in [0.1, 0.15) is 48.9 Å². The van der Waals surface area contributed by atoms with Gasteiger partial charge in [0.15, 0.2) is 5.78 Å². The number of benzene rings is 1. The van der Waals surface area contributed by atoms with Crippen molar-refractivity contribution in [2.75, 3.05) is 13.2 Å². The van der Waals surface area contributed by atoms with E-state index in [0.29, 0.717) is 24.3 Å². The molecule has 3 rings (SSSR count). The summed E-state index contributed by atoms with van der Waals surface area (Å²) in [6, 6.07) is 7.67. The van der Waals surface area contributed by atoms with Crippen molar-refractivity contribution in [1.82, 2.24) is 5.32 Å². The van der Waals surface area contributed by atoms with Gasteiger partial charge in [-0.15, -0.1) is 0 Å². The summed E-state index contributed by atoms with van der Waals surface area (Å²) >= 11 is 0. The van der Waals surface area contributed by atoms with E-state index in [0.717, 1.165) is 36.1 Å². The molecule has 0 atom stereocenters. The third-order valence-corrected chi connectivity index (χ3v) is 4.79. The molecule has 5 heteroatoms. The highest BCUT2D eigenvalue weighted by molar-refractivity contribution is 5.98. The molecule has 0 aromatic heterocycles. The van der Waals surface area contributed by atoms with Gasteiger partial charge in [0.25, 0.3) is 0 Å². The Morgan fingerprint density at radius 2 is 1.88 bits per heavy atom. The lowest BCUT2D eigenvalue weighted by molar-refractivity contribution is -0.120. The fourth-order valence-electron chi connectivity index (χ4n) is 3.53. The van der Waals surface area contributed by atoms with E-state index in [4.69, 9.17) is 4.74 Å². The molecule has 2 heterocycles. The maximum absolute atomic E-state index is 12.7. The largest absolute Gasteiger partial charge is 0.381 e. The molecule has 0 amide bonds. The summed E-state index contributed by atoms with van der Waals surface area (Å²) in [7, 11) is 0. The highest BCUT2D eigenvalue weighted by Gasteiger charge is 2.30. The molecular formula is C20H21N3O2. The lowest BCUT2D eigenvalue weighted by atomic mass is 9.83. The normalized spacial score (nSPS) is 20.9. The zero-order valence-electron chi connectivity index (χ0n) is 14.6. The van der Waals surface area contributed by atoms with E-state index >= 15 is 0 Å². The first-order valence-corrected chi connectivity index (χ1v) is 8.52. The van der Waals surface area contributed by atoms with E-state index < -0.39 is 0 Å². The van der Waals surface area contributed by atoms with Gasteiger partial charge in [-0.3, -0.25) is 4.79 Å². The van der Waals surface area contributed by atoms with Crippen LogP contribution in [0.5, 0.6) is 0 Å². The van der Waals surface area contributed by atoms with E-state index in [9.17, 15) is 15.3 Å². The molecule has 1 saturated heterocycles. The van der Waals surface area contributed by atoms with Crippen molar-refractivity contribution in [2.24, 2.45) is 5.92 Å². The fourth-order valence-corrected chi connectivity index (χ4v) is 3.53. The Labute approximate surface area is 147 Å². The summed E-state index contributed by atoms with van der Waals surface area (Å²) in [5.74, 6) is 0.0858. The minimum Gasteiger partial charge on any atom is -0.381 e. The van der Waals surface area contributed by atoms with Crippen molar-refractivity contribution in [1.29, 1.82) is 10.5 Å². The number of hydrogen-bond acceptors (Lipinski definition) is 5. The maximum atomic E-state index is 12.7. The van der Waals surface area contributed by atoms with Gasteiger partial charge in [0.1, 0.15) is 12.1 Å². The van der Waals surface area contributed by atoms with Gasteiger partial charge >= 0.3 is 0 Å². The molecule has 25 heavy (non-hydrogen) atoms. The summed E-state index contributed by atoms with van der Waals surface area (Å²) in [5, 5.41) is 22.0. The Kier molecular flexibility index (Phi) is 4.61. The topological polar surface area (TPSA) is 85.9 Å². The van der Waals surface area contributed by atoms with Gasteiger partial charge < -0.3 is 10.1 Å². The summed E-state index contributed by atoms with van der Waals surface area (Å²) in [4.78, 5) is 12.7. The van der Waals surface area contributed by atoms with Crippen LogP contribution in [0.2, 0.25) is 0 Å². The molecule has 0 bridgehead atoms. The second-order valence-corrected chi connectivity index (χ2v) is 7.31. The minimum absolute atomic E-state index is 0.00893. The van der Waals surface area contributed by atoms with Crippen LogP contribution in [0.4, 0.5) is 0 Å². The highest BCUT2D eigenvalue weighted by Crippen LogP contribution is 2.32. The van der Waals surface area contributed by atoms with Crippen molar-refractivity contribution >= 4 is 11.5 Å². The van der Waals surface area contributed by atoms with E-state index in [2.05, 4.69) is 31.3 Å². The Bertz CT molecular complexity index is 819. The van der Waals surface area contributed by atoms with E-state index in [1.807, 2.05) is 0 Å². The molecule has 128 valence electrons. The van der Waals surface area contributed by atoms with Crippen LogP contribution in [0, 0.1) is 28.6 Å². The first-order valence-electron chi connectivity index (χ1n) is 8.52. The van der Waals surface area contributed by atoms with E-state index in [1.165, 1.54) is 0 Å². The van der Waals surface area contributed by atoms with Crippen LogP contribution in [0.25, 0.3) is 5.70 Å². The van der Waals surface area contributed by atoms with Crippen LogP contribution >= 0.6 is 0 Å². The standard InChI is InChI=1S/C20H21N3O2/c1-20(2)10-14-7-15(11-21)16(12-22)8-17(14)18(23-20)9-19(24)13-3-5-25-6-4-13/h7-9,13,23H,3-6,10H2,1-2H3. The number of ether oxygens (including phenoxy) is 1. The SMILES string of the molecule is CC1(C)Cc2cc(C#N)c(C#N)cc2C(=CC(=O)C2CCOCC2)N1. The minimum atomic E-state index is -0.227. The molecular weight excluding hydrogens is 314 g/mol. The smallest absolute Gasteiger partial charge is 0.161 e. The first kappa shape index (κ1) is 17.2. The van der Waals surface area contributed by atoms with Crippen LogP contribution in [-0.4, -0.2) is 24.5 Å². The molecule has 2 aliphatic heterocycles. The number of nitriles is 2. The van der Waals surface area contributed by atoms with Gasteiger partial charge in [-0.2, -0.15) is 10.5 Å². The molecule has 1 N–H and O–H groups in total. The first-order chi connectivity index (χ1) is 11.9. The van der Waals surface area contributed by atoms with E-state index in [-0.39, 0.29) is 17.2 Å². The zero-order chi connectivity index (χ0) is 18.0. The average molecular weight is 335 g/mol. The number of allylic oxidation sites excluding steroid dienone is 1. The van der Waals surface area contributed by atoms with E-state index in [1.54, 1.807) is 18.2 Å². The molecule has 0 saturated carbocycles. The number of nitrogens with one attached hydrogen (secondary N) is 1. The lowest BCUT2D eigenvalue weighted by Gasteiger charge is -2.36. The van der Waals surface area contributed by atoms with Crippen LogP contribution in [-0.2, 0) is 16.0 Å². The molecule has 0 aliphatic carbocycles. The zero-order valence-corrected chi connectivity index (χ0v) is 14.6. The number of hydrogen-bond donors (Lipinski definition) is 1. The second kappa shape index (κ2) is 6.70. The van der Waals surface area contributed by atoms with Crippen molar-refractivity contribution < 1.29 is 9.53 Å². The quantitative estimate of drug-likeness (QED) is 0.840. The Hall–Kier alpha value is -2.63. The summed E-state index contributed by atoms with van der Waals surface area (Å²) in [5.41, 5.74) is 3.07. The van der Waals surface area contributed by atoms with Gasteiger partial charge in [0.2, 0.25) is 0 Å². The third-order valence-electron chi connectivity index (χ3n) is 4.79. The van der Waals surface area contributed by atoms with Gasteiger partial charge in [-0.1, -0.05) is 0 Å². The monoisotopic (exact) mass is 335 g/mol. The predicted octanol–water partition coefficient (Wildman–Crippen LogP) is 2.69. The number of rotatable bonds is 2. The number of fused-ring (bicyclic) bond motifs is 1. The van der Waals surface area contributed by atoms with Crippen LogP contribution < -0.4 is 5.32 Å². The van der Waals surface area contributed by atoms with Crippen molar-refractivity contribution in [3.05, 3.63) is 40.5 Å². The summed E-state index contributed by atoms with van der Waals surface area (Å²) < 4.78 is 5.33. The highest BCUT2D eigenvalue weighted by atomic mass is 16.5. The Morgan fingerprint density at radius 1 is 1.24 bits per heavy atom. The maximum Gasteiger partial charge on any atom is 0.161 e. The molecule has 0 unspecified atom stereocenters. The number of carbonyl (C=O) groups excluding carboxylic acids is 1. The average Bonchev–Trinajstić information content (AvgIpc) is 2.60. The molecule has 1 aromatic rings.